The number of rotatable bonds is 8. The lowest BCUT2D eigenvalue weighted by atomic mass is 9.58. The highest BCUT2D eigenvalue weighted by Crippen LogP contribution is 2.59. The molecule has 0 aromatic rings. The second-order valence-electron chi connectivity index (χ2n) is 18.1. The van der Waals surface area contributed by atoms with Gasteiger partial charge in [-0.15, -0.1) is 0 Å². The van der Waals surface area contributed by atoms with Gasteiger partial charge in [-0.3, -0.25) is 9.59 Å². The number of hydrogen-bond donors (Lipinski definition) is 5. The van der Waals surface area contributed by atoms with Gasteiger partial charge in [0.15, 0.2) is 17.7 Å². The number of Topliss-reactive ketones (excluding diaryl/α,β-unsaturated/α-hetero) is 2. The lowest BCUT2D eigenvalue weighted by Crippen LogP contribution is -2.50. The number of nitrogens with two attached hydrogens (primary N) is 1. The quantitative estimate of drug-likeness (QED) is 0.158. The predicted molar refractivity (Wildman–Crippen MR) is 199 cm³/mol. The number of hydrogen-bond acceptors (Lipinski definition) is 8. The van der Waals surface area contributed by atoms with Crippen molar-refractivity contribution in [1.82, 2.24) is 5.32 Å². The molecule has 288 valence electrons. The van der Waals surface area contributed by atoms with Gasteiger partial charge in [0.1, 0.15) is 0 Å². The van der Waals surface area contributed by atoms with E-state index in [4.69, 9.17) is 10.5 Å². The average Bonchev–Trinajstić information content (AvgIpc) is 3.57. The van der Waals surface area contributed by atoms with Crippen LogP contribution in [0.15, 0.2) is 0 Å². The number of carbonyl (C=O) groups is 2. The zero-order chi connectivity index (χ0) is 36.1. The largest absolute Gasteiger partial charge is 0.396 e. The molecular formula is C43H70N2O6. The molecule has 1 heterocycles. The Morgan fingerprint density at radius 1 is 0.902 bits per heavy atom. The SMILES string of the molecule is CCCC(CO)C1CC2C(=O)C(O)C(=O)CCC3CC(OC)C(O)CC3C(C3CCCCC3)C#CC2CC(C2(C3CCNC(N)C3)CCCC2)C1. The normalized spacial score (nSPS) is 41.9. The van der Waals surface area contributed by atoms with Crippen LogP contribution in [-0.4, -0.2) is 71.6 Å². The van der Waals surface area contributed by atoms with Crippen molar-refractivity contribution in [1.29, 1.82) is 0 Å². The molecular weight excluding hydrogens is 640 g/mol. The predicted octanol–water partition coefficient (Wildman–Crippen LogP) is 5.78. The number of aliphatic hydroxyl groups excluding tert-OH is 3. The lowest BCUT2D eigenvalue weighted by molar-refractivity contribution is -0.142. The van der Waals surface area contributed by atoms with E-state index < -0.39 is 18.1 Å². The molecule has 5 fully saturated rings. The number of piperidine rings is 1. The zero-order valence-corrected chi connectivity index (χ0v) is 31.8. The summed E-state index contributed by atoms with van der Waals surface area (Å²) in [6.07, 6.45) is 16.5. The Bertz CT molecular complexity index is 1220. The lowest BCUT2D eigenvalue weighted by Gasteiger charge is -2.48. The minimum absolute atomic E-state index is 0.00236. The van der Waals surface area contributed by atoms with E-state index in [-0.39, 0.29) is 77.8 Å². The van der Waals surface area contributed by atoms with Crippen molar-refractivity contribution in [3.05, 3.63) is 0 Å². The Kier molecular flexibility index (Phi) is 13.8. The van der Waals surface area contributed by atoms with E-state index in [1.807, 2.05) is 0 Å². The summed E-state index contributed by atoms with van der Waals surface area (Å²) in [4.78, 5) is 28.3. The Labute approximate surface area is 308 Å². The van der Waals surface area contributed by atoms with E-state index in [0.717, 1.165) is 57.9 Å². The Morgan fingerprint density at radius 2 is 1.67 bits per heavy atom. The first-order chi connectivity index (χ1) is 24.7. The van der Waals surface area contributed by atoms with E-state index in [0.29, 0.717) is 43.4 Å². The fraction of sp³-hybridized carbons (Fsp3) is 0.907. The molecule has 1 aliphatic heterocycles. The van der Waals surface area contributed by atoms with Crippen LogP contribution < -0.4 is 11.1 Å². The summed E-state index contributed by atoms with van der Waals surface area (Å²) < 4.78 is 5.73. The molecule has 13 unspecified atom stereocenters. The summed E-state index contributed by atoms with van der Waals surface area (Å²) in [5, 5.41) is 37.1. The van der Waals surface area contributed by atoms with Crippen LogP contribution in [0, 0.1) is 76.4 Å². The Balaban J connectivity index is 1.45. The molecule has 8 heteroatoms. The van der Waals surface area contributed by atoms with Gasteiger partial charge in [0.25, 0.3) is 0 Å². The topological polar surface area (TPSA) is 142 Å². The molecule has 8 nitrogen and oxygen atoms in total. The van der Waals surface area contributed by atoms with Gasteiger partial charge < -0.3 is 31.1 Å². The van der Waals surface area contributed by atoms with Crippen molar-refractivity contribution >= 4 is 11.6 Å². The summed E-state index contributed by atoms with van der Waals surface area (Å²) in [7, 11) is 1.65. The second kappa shape index (κ2) is 17.9. The van der Waals surface area contributed by atoms with Crippen LogP contribution in [0.1, 0.15) is 135 Å². The standard InChI is InChI=1S/C43H70N2O6/c1-3-9-30(26-46)31-21-33(43(17-7-8-18-43)32-16-19-45-40(44)24-32)20-28-12-14-34(27-10-5-4-6-11-27)35-25-38(48)39(51-2)23-29(35)13-15-37(47)42(50)41(49)36(28)22-31/h27-36,38-40,42,45-46,48,50H,3-11,13,15-26,44H2,1-2H3. The third-order valence-electron chi connectivity index (χ3n) is 15.5. The maximum atomic E-state index is 14.6. The molecule has 0 spiro atoms. The van der Waals surface area contributed by atoms with Crippen molar-refractivity contribution in [2.24, 2.45) is 70.3 Å². The maximum Gasteiger partial charge on any atom is 0.173 e. The number of fused-ring (bicyclic) bond motifs is 2. The van der Waals surface area contributed by atoms with Crippen LogP contribution in [0.5, 0.6) is 0 Å². The number of carbonyl (C=O) groups excluding carboxylic acids is 2. The molecule has 0 aromatic heterocycles. The van der Waals surface area contributed by atoms with Crippen molar-refractivity contribution in [3.63, 3.8) is 0 Å². The van der Waals surface area contributed by atoms with Crippen molar-refractivity contribution in [2.45, 2.75) is 160 Å². The molecule has 6 aliphatic rings. The molecule has 0 radical (unpaired) electrons. The number of ketones is 2. The van der Waals surface area contributed by atoms with Gasteiger partial charge in [-0.05, 0) is 137 Å². The molecule has 13 atom stereocenters. The fourth-order valence-corrected chi connectivity index (χ4v) is 12.7. The Hall–Kier alpha value is -1.34. The number of aliphatic hydroxyl groups is 3. The van der Waals surface area contributed by atoms with Crippen LogP contribution in [-0.2, 0) is 14.3 Å². The highest BCUT2D eigenvalue weighted by Gasteiger charge is 2.52. The van der Waals surface area contributed by atoms with Gasteiger partial charge in [0.2, 0.25) is 0 Å². The first kappa shape index (κ1) is 39.4. The Morgan fingerprint density at radius 3 is 2.35 bits per heavy atom. The molecule has 0 aromatic carbocycles. The summed E-state index contributed by atoms with van der Waals surface area (Å²) >= 11 is 0. The fourth-order valence-electron chi connectivity index (χ4n) is 12.7. The second-order valence-corrected chi connectivity index (χ2v) is 18.1. The summed E-state index contributed by atoms with van der Waals surface area (Å²) in [5.74, 6) is 8.14. The van der Waals surface area contributed by atoms with Crippen molar-refractivity contribution in [2.75, 3.05) is 20.3 Å². The summed E-state index contributed by atoms with van der Waals surface area (Å²) in [6.45, 7) is 3.19. The number of nitrogens with one attached hydrogen (secondary N) is 1. The third kappa shape index (κ3) is 8.65. The van der Waals surface area contributed by atoms with Gasteiger partial charge in [-0.1, -0.05) is 57.3 Å². The number of methoxy groups -OCH3 is 1. The first-order valence-corrected chi connectivity index (χ1v) is 21.2. The molecule has 51 heavy (non-hydrogen) atoms. The minimum Gasteiger partial charge on any atom is -0.396 e. The highest BCUT2D eigenvalue weighted by atomic mass is 16.5. The van der Waals surface area contributed by atoms with Crippen LogP contribution >= 0.6 is 0 Å². The van der Waals surface area contributed by atoms with Gasteiger partial charge in [-0.25, -0.2) is 0 Å². The van der Waals surface area contributed by atoms with Crippen molar-refractivity contribution in [3.8, 4) is 11.8 Å². The van der Waals surface area contributed by atoms with E-state index in [1.54, 1.807) is 7.11 Å². The van der Waals surface area contributed by atoms with Crippen molar-refractivity contribution < 1.29 is 29.6 Å². The minimum atomic E-state index is -1.64. The monoisotopic (exact) mass is 711 g/mol. The highest BCUT2D eigenvalue weighted by molar-refractivity contribution is 6.06. The van der Waals surface area contributed by atoms with Crippen LogP contribution in [0.2, 0.25) is 0 Å². The van der Waals surface area contributed by atoms with Gasteiger partial charge in [0, 0.05) is 37.9 Å². The molecule has 5 aliphatic carbocycles. The summed E-state index contributed by atoms with van der Waals surface area (Å²) in [6, 6.07) is 0. The summed E-state index contributed by atoms with van der Waals surface area (Å²) in [5.41, 5.74) is 6.69. The van der Waals surface area contributed by atoms with Crippen LogP contribution in [0.25, 0.3) is 0 Å². The van der Waals surface area contributed by atoms with E-state index >= 15 is 0 Å². The van der Waals surface area contributed by atoms with Crippen LogP contribution in [0.4, 0.5) is 0 Å². The van der Waals surface area contributed by atoms with Gasteiger partial charge in [-0.2, -0.15) is 0 Å². The zero-order valence-electron chi connectivity index (χ0n) is 31.8. The third-order valence-corrected chi connectivity index (χ3v) is 15.5. The molecule has 0 bridgehead atoms. The molecule has 6 N–H and O–H groups in total. The van der Waals surface area contributed by atoms with E-state index in [1.165, 1.54) is 44.9 Å². The van der Waals surface area contributed by atoms with E-state index in [2.05, 4.69) is 24.1 Å². The molecule has 0 amide bonds. The average molecular weight is 711 g/mol. The van der Waals surface area contributed by atoms with Crippen LogP contribution in [0.3, 0.4) is 0 Å². The maximum absolute atomic E-state index is 14.6. The van der Waals surface area contributed by atoms with Gasteiger partial charge in [0.05, 0.1) is 18.4 Å². The molecule has 4 saturated carbocycles. The molecule has 6 rings (SSSR count). The molecule has 1 saturated heterocycles. The number of ether oxygens (including phenoxy) is 1. The first-order valence-electron chi connectivity index (χ1n) is 21.2. The smallest absolute Gasteiger partial charge is 0.173 e. The van der Waals surface area contributed by atoms with E-state index in [9.17, 15) is 24.9 Å². The van der Waals surface area contributed by atoms with Gasteiger partial charge >= 0.3 is 0 Å².